The number of halogens is 1. The Balaban J connectivity index is 0.000000418. The van der Waals surface area contributed by atoms with Gasteiger partial charge in [0.1, 0.15) is 17.9 Å². The van der Waals surface area contributed by atoms with E-state index in [1.54, 1.807) is 60.3 Å². The summed E-state index contributed by atoms with van der Waals surface area (Å²) in [6, 6.07) is 24.9. The van der Waals surface area contributed by atoms with E-state index in [0.717, 1.165) is 49.5 Å². The van der Waals surface area contributed by atoms with Gasteiger partial charge in [-0.15, -0.1) is 0 Å². The molecule has 7 N–H and O–H groups in total. The highest BCUT2D eigenvalue weighted by atomic mass is 19.1. The zero-order valence-electron chi connectivity index (χ0n) is 47.5. The standard InChI is InChI=1S/C45H58FN9O6.C10H12.C6H13NO/c1-27-23-53(16-15-49-27)25-39(58)55-26-45(5,34-14-9-29(18-35(34)55)17-28-7-11-32(46)12-8-28)43(61)50-22-38(57)51-33-13-10-30-20-36(41(47)59)54(24-31(30)19-33)42(60)40(44(2,3)4)52-37(56)21-48-6;1-2-6-10-8-4-3-7-9(10)5-1;1-6-5-8-4-3-7(6)2/h7-14,18-19,27,36,40,48-49H,15-17,20-26H2,1-6H3,(H2,47,59)(H,50,61)(H,51,57)(H,52,56);1-2,5-6H,3-4,7-8H2;6H,3-5H2,1-2H3. The number of aryl methyl sites for hydroxylation is 2. The average Bonchev–Trinajstić information content (AvgIpc) is 3.92. The van der Waals surface area contributed by atoms with Gasteiger partial charge in [0.15, 0.2) is 0 Å². The van der Waals surface area contributed by atoms with E-state index < -0.39 is 46.5 Å². The van der Waals surface area contributed by atoms with Crippen LogP contribution in [-0.4, -0.2) is 154 Å². The maximum atomic E-state index is 14.1. The Hall–Kier alpha value is -6.57. The molecule has 9 rings (SSSR count). The smallest absolute Gasteiger partial charge is 0.246 e. The quantitative estimate of drug-likeness (QED) is 0.110. The molecule has 18 heteroatoms. The predicted octanol–water partition coefficient (Wildman–Crippen LogP) is 4.46. The molecule has 4 aromatic carbocycles. The minimum Gasteiger partial charge on any atom is -0.379 e. The van der Waals surface area contributed by atoms with Crippen LogP contribution >= 0.6 is 0 Å². The zero-order chi connectivity index (χ0) is 57.0. The van der Waals surface area contributed by atoms with E-state index in [9.17, 15) is 33.2 Å². The molecule has 79 heavy (non-hydrogen) atoms. The van der Waals surface area contributed by atoms with Gasteiger partial charge in [-0.3, -0.25) is 38.6 Å². The van der Waals surface area contributed by atoms with E-state index >= 15 is 0 Å². The second-order valence-corrected chi connectivity index (χ2v) is 23.1. The Morgan fingerprint density at radius 3 is 2.18 bits per heavy atom. The predicted molar refractivity (Wildman–Crippen MR) is 306 cm³/mol. The van der Waals surface area contributed by atoms with Gasteiger partial charge in [0.2, 0.25) is 35.4 Å². The number of hydrogen-bond donors (Lipinski definition) is 6. The molecule has 6 amide bonds. The van der Waals surface area contributed by atoms with Crippen LogP contribution in [0.15, 0.2) is 84.9 Å². The Kier molecular flexibility index (Phi) is 20.6. The van der Waals surface area contributed by atoms with E-state index in [1.165, 1.54) is 42.7 Å². The van der Waals surface area contributed by atoms with Crippen molar-refractivity contribution >= 4 is 46.8 Å². The molecule has 4 aromatic rings. The van der Waals surface area contributed by atoms with Crippen molar-refractivity contribution in [3.05, 3.63) is 130 Å². The average molecular weight is 1090 g/mol. The molecule has 0 spiro atoms. The first kappa shape index (κ1) is 60.1. The summed E-state index contributed by atoms with van der Waals surface area (Å²) in [7, 11) is 3.76. The number of piperazine rings is 1. The molecular weight excluding hydrogens is 1000 g/mol. The van der Waals surface area contributed by atoms with Gasteiger partial charge in [0.25, 0.3) is 0 Å². The Morgan fingerprint density at radius 2 is 1.56 bits per heavy atom. The molecular formula is C61H83FN10O7. The number of benzene rings is 4. The minimum absolute atomic E-state index is 0.00747. The van der Waals surface area contributed by atoms with Gasteiger partial charge in [-0.05, 0) is 142 Å². The summed E-state index contributed by atoms with van der Waals surface area (Å²) in [5, 5.41) is 14.6. The van der Waals surface area contributed by atoms with Crippen LogP contribution in [0.4, 0.5) is 15.8 Å². The van der Waals surface area contributed by atoms with E-state index in [1.807, 2.05) is 39.0 Å². The number of amides is 6. The lowest BCUT2D eigenvalue weighted by molar-refractivity contribution is -0.146. The van der Waals surface area contributed by atoms with Gasteiger partial charge in [0.05, 0.1) is 38.3 Å². The van der Waals surface area contributed by atoms with Crippen molar-refractivity contribution < 1.29 is 37.9 Å². The number of nitrogens with two attached hydrogens (primary N) is 1. The lowest BCUT2D eigenvalue weighted by Gasteiger charge is -2.40. The molecule has 2 fully saturated rings. The number of nitrogens with zero attached hydrogens (tertiary/aromatic N) is 4. The molecule has 2 saturated heterocycles. The number of ether oxygens (including phenoxy) is 1. The van der Waals surface area contributed by atoms with Gasteiger partial charge in [-0.25, -0.2) is 4.39 Å². The summed E-state index contributed by atoms with van der Waals surface area (Å²) in [5.74, 6) is -2.87. The Bertz CT molecular complexity index is 2770. The lowest BCUT2D eigenvalue weighted by Crippen LogP contribution is -2.60. The third-order valence-electron chi connectivity index (χ3n) is 15.7. The number of carbonyl (C=O) groups is 6. The number of hydrogen-bond acceptors (Lipinski definition) is 11. The summed E-state index contributed by atoms with van der Waals surface area (Å²) in [4.78, 5) is 88.2. The maximum Gasteiger partial charge on any atom is 0.246 e. The second kappa shape index (κ2) is 27.1. The number of anilines is 2. The molecule has 4 aliphatic heterocycles. The molecule has 5 unspecified atom stereocenters. The van der Waals surface area contributed by atoms with E-state index in [2.05, 4.69) is 81.5 Å². The summed E-state index contributed by atoms with van der Waals surface area (Å²) >= 11 is 0. The first-order chi connectivity index (χ1) is 37.6. The molecule has 4 heterocycles. The van der Waals surface area contributed by atoms with Gasteiger partial charge in [0, 0.05) is 69.1 Å². The largest absolute Gasteiger partial charge is 0.379 e. The summed E-state index contributed by atoms with van der Waals surface area (Å²) < 4.78 is 18.8. The van der Waals surface area contributed by atoms with Crippen LogP contribution < -0.4 is 37.2 Å². The molecule has 0 bridgehead atoms. The number of morpholine rings is 1. The van der Waals surface area contributed by atoms with Crippen LogP contribution in [0.1, 0.15) is 93.3 Å². The van der Waals surface area contributed by atoms with Crippen molar-refractivity contribution in [2.45, 2.75) is 116 Å². The first-order valence-electron chi connectivity index (χ1n) is 27.9. The molecule has 5 atom stereocenters. The molecule has 1 aliphatic carbocycles. The number of likely N-dealkylation sites (N-methyl/N-ethyl adjacent to an activating group) is 2. The van der Waals surface area contributed by atoms with Crippen LogP contribution in [0.5, 0.6) is 0 Å². The molecule has 5 aliphatic rings. The van der Waals surface area contributed by atoms with Crippen LogP contribution in [0.25, 0.3) is 0 Å². The first-order valence-corrected chi connectivity index (χ1v) is 27.9. The SMILES string of the molecule is CC1COCCN1C.CNCC(=O)NC(C(=O)N1Cc2cc(NC(=O)CNC(=O)C3(C)CN(C(=O)CN4CCNC(C)C4)c4cc(Cc5ccc(F)cc5)ccc43)ccc2CC1C(N)=O)C(C)(C)C.c1ccc2c(c1)CCCC2. The molecule has 0 aromatic heterocycles. The van der Waals surface area contributed by atoms with Crippen molar-refractivity contribution in [2.24, 2.45) is 11.1 Å². The number of rotatable bonds is 13. The fourth-order valence-electron chi connectivity index (χ4n) is 10.9. The van der Waals surface area contributed by atoms with Crippen molar-refractivity contribution in [2.75, 3.05) is 89.9 Å². The highest BCUT2D eigenvalue weighted by Crippen LogP contribution is 2.42. The van der Waals surface area contributed by atoms with Crippen LogP contribution in [0.3, 0.4) is 0 Å². The van der Waals surface area contributed by atoms with Crippen molar-refractivity contribution in [1.82, 2.24) is 36.0 Å². The fourth-order valence-corrected chi connectivity index (χ4v) is 10.9. The third-order valence-corrected chi connectivity index (χ3v) is 15.7. The fraction of sp³-hybridized carbons (Fsp3) is 0.508. The van der Waals surface area contributed by atoms with Gasteiger partial charge >= 0.3 is 0 Å². The van der Waals surface area contributed by atoms with Gasteiger partial charge in [-0.2, -0.15) is 0 Å². The monoisotopic (exact) mass is 1090 g/mol. The van der Waals surface area contributed by atoms with Crippen LogP contribution in [0, 0.1) is 11.2 Å². The van der Waals surface area contributed by atoms with Crippen LogP contribution in [-0.2, 0) is 71.1 Å². The number of carbonyl (C=O) groups excluding carboxylic acids is 6. The van der Waals surface area contributed by atoms with E-state index in [-0.39, 0.29) is 62.8 Å². The van der Waals surface area contributed by atoms with Crippen molar-refractivity contribution in [1.29, 1.82) is 0 Å². The zero-order valence-corrected chi connectivity index (χ0v) is 47.5. The van der Waals surface area contributed by atoms with Crippen LogP contribution in [0.2, 0.25) is 0 Å². The Morgan fingerprint density at radius 1 is 0.861 bits per heavy atom. The summed E-state index contributed by atoms with van der Waals surface area (Å²) in [6.07, 6.45) is 6.04. The molecule has 17 nitrogen and oxygen atoms in total. The van der Waals surface area contributed by atoms with Crippen molar-refractivity contribution in [3.63, 3.8) is 0 Å². The third kappa shape index (κ3) is 15.8. The molecule has 0 saturated carbocycles. The highest BCUT2D eigenvalue weighted by molar-refractivity contribution is 6.04. The number of nitrogens with one attached hydrogen (secondary N) is 5. The van der Waals surface area contributed by atoms with Gasteiger partial charge in [-0.1, -0.05) is 75.4 Å². The van der Waals surface area contributed by atoms with Gasteiger partial charge < -0.3 is 46.9 Å². The number of fused-ring (bicyclic) bond motifs is 3. The second-order valence-electron chi connectivity index (χ2n) is 23.1. The number of primary amides is 1. The Labute approximate surface area is 465 Å². The summed E-state index contributed by atoms with van der Waals surface area (Å²) in [5.41, 5.74) is 12.1. The van der Waals surface area contributed by atoms with Crippen molar-refractivity contribution in [3.8, 4) is 0 Å². The lowest BCUT2D eigenvalue weighted by atomic mass is 9.83. The topological polar surface area (TPSA) is 211 Å². The highest BCUT2D eigenvalue weighted by Gasteiger charge is 2.47. The normalized spacial score (nSPS) is 21.3. The van der Waals surface area contributed by atoms with E-state index in [4.69, 9.17) is 10.5 Å². The van der Waals surface area contributed by atoms with E-state index in [0.29, 0.717) is 41.5 Å². The maximum absolute atomic E-state index is 14.1. The minimum atomic E-state index is -1.17. The molecule has 426 valence electrons. The molecule has 0 radical (unpaired) electrons. The summed E-state index contributed by atoms with van der Waals surface area (Å²) in [6.45, 7) is 16.5.